The van der Waals surface area contributed by atoms with Crippen LogP contribution in [0.2, 0.25) is 0 Å². The van der Waals surface area contributed by atoms with Gasteiger partial charge in [-0.15, -0.1) is 0 Å². The Hall–Kier alpha value is -2.63. The van der Waals surface area contributed by atoms with Gasteiger partial charge in [-0.25, -0.2) is 4.68 Å². The molecule has 0 saturated carbocycles. The van der Waals surface area contributed by atoms with Gasteiger partial charge in [0.1, 0.15) is 0 Å². The molecule has 0 unspecified atom stereocenters. The molecular formula is C21H27N3O3. The standard InChI is InChI=1S/C21H27N3O3/c1-15-19(11-12-20(25)26)16(2)24(22-15)18-9-7-17(8-10-18)21(27)23-13-5-3-4-6-14-23/h7-10H,3-6,11-14H2,1-2H3,(H,25,26). The molecular weight excluding hydrogens is 342 g/mol. The maximum atomic E-state index is 12.7. The molecule has 1 N–H and O–H groups in total. The van der Waals surface area contributed by atoms with Gasteiger partial charge in [0.15, 0.2) is 0 Å². The number of carbonyl (C=O) groups excluding carboxylic acids is 1. The zero-order chi connectivity index (χ0) is 19.4. The lowest BCUT2D eigenvalue weighted by molar-refractivity contribution is -0.136. The number of benzene rings is 1. The third kappa shape index (κ3) is 4.38. The second kappa shape index (κ2) is 8.37. The highest BCUT2D eigenvalue weighted by atomic mass is 16.4. The summed E-state index contributed by atoms with van der Waals surface area (Å²) in [5.41, 5.74) is 4.35. The fourth-order valence-corrected chi connectivity index (χ4v) is 3.72. The molecule has 1 aromatic heterocycles. The quantitative estimate of drug-likeness (QED) is 0.875. The Kier molecular flexibility index (Phi) is 5.94. The number of aryl methyl sites for hydroxylation is 1. The molecule has 1 aromatic carbocycles. The van der Waals surface area contributed by atoms with Crippen LogP contribution in [0.3, 0.4) is 0 Å². The summed E-state index contributed by atoms with van der Waals surface area (Å²) in [7, 11) is 0. The minimum atomic E-state index is -0.807. The van der Waals surface area contributed by atoms with Gasteiger partial charge in [0.2, 0.25) is 0 Å². The van der Waals surface area contributed by atoms with Gasteiger partial charge in [-0.2, -0.15) is 5.10 Å². The zero-order valence-electron chi connectivity index (χ0n) is 16.1. The average Bonchev–Trinajstić information content (AvgIpc) is 2.84. The molecule has 1 fully saturated rings. The van der Waals surface area contributed by atoms with Gasteiger partial charge in [0, 0.05) is 30.8 Å². The molecule has 0 atom stereocenters. The highest BCUT2D eigenvalue weighted by Crippen LogP contribution is 2.21. The first-order valence-corrected chi connectivity index (χ1v) is 9.64. The lowest BCUT2D eigenvalue weighted by Crippen LogP contribution is -2.31. The second-order valence-electron chi connectivity index (χ2n) is 7.21. The molecule has 3 rings (SSSR count). The molecule has 0 radical (unpaired) electrons. The molecule has 1 amide bonds. The van der Waals surface area contributed by atoms with Gasteiger partial charge in [-0.1, -0.05) is 12.8 Å². The Morgan fingerprint density at radius 3 is 2.26 bits per heavy atom. The molecule has 1 aliphatic rings. The van der Waals surface area contributed by atoms with Crippen LogP contribution in [0.1, 0.15) is 59.4 Å². The van der Waals surface area contributed by atoms with Gasteiger partial charge in [0.25, 0.3) is 5.91 Å². The van der Waals surface area contributed by atoms with E-state index >= 15 is 0 Å². The first-order chi connectivity index (χ1) is 13.0. The topological polar surface area (TPSA) is 75.4 Å². The summed E-state index contributed by atoms with van der Waals surface area (Å²) in [5, 5.41) is 13.5. The van der Waals surface area contributed by atoms with Gasteiger partial charge >= 0.3 is 5.97 Å². The summed E-state index contributed by atoms with van der Waals surface area (Å²) >= 11 is 0. The van der Waals surface area contributed by atoms with Crippen molar-refractivity contribution < 1.29 is 14.7 Å². The third-order valence-electron chi connectivity index (χ3n) is 5.28. The molecule has 0 aliphatic carbocycles. The van der Waals surface area contributed by atoms with E-state index in [0.717, 1.165) is 48.6 Å². The highest BCUT2D eigenvalue weighted by molar-refractivity contribution is 5.94. The number of carboxylic acids is 1. The summed E-state index contributed by atoms with van der Waals surface area (Å²) < 4.78 is 1.83. The van der Waals surface area contributed by atoms with E-state index < -0.39 is 5.97 Å². The lowest BCUT2D eigenvalue weighted by atomic mass is 10.1. The maximum Gasteiger partial charge on any atom is 0.303 e. The van der Waals surface area contributed by atoms with Crippen molar-refractivity contribution in [1.29, 1.82) is 0 Å². The van der Waals surface area contributed by atoms with Crippen molar-refractivity contribution in [2.45, 2.75) is 52.4 Å². The summed E-state index contributed by atoms with van der Waals surface area (Å²) in [5.74, 6) is -0.711. The minimum Gasteiger partial charge on any atom is -0.481 e. The van der Waals surface area contributed by atoms with Crippen molar-refractivity contribution >= 4 is 11.9 Å². The SMILES string of the molecule is Cc1nn(-c2ccc(C(=O)N3CCCCCC3)cc2)c(C)c1CCC(=O)O. The monoisotopic (exact) mass is 369 g/mol. The van der Waals surface area contributed by atoms with Crippen molar-refractivity contribution in [2.75, 3.05) is 13.1 Å². The van der Waals surface area contributed by atoms with E-state index in [4.69, 9.17) is 5.11 Å². The number of hydrogen-bond acceptors (Lipinski definition) is 3. The van der Waals surface area contributed by atoms with E-state index in [1.54, 1.807) is 0 Å². The number of amides is 1. The molecule has 144 valence electrons. The number of hydrogen-bond donors (Lipinski definition) is 1. The van der Waals surface area contributed by atoms with E-state index in [0.29, 0.717) is 12.0 Å². The Bertz CT molecular complexity index is 816. The molecule has 0 bridgehead atoms. The molecule has 6 nitrogen and oxygen atoms in total. The number of likely N-dealkylation sites (tertiary alicyclic amines) is 1. The lowest BCUT2D eigenvalue weighted by Gasteiger charge is -2.20. The molecule has 0 spiro atoms. The van der Waals surface area contributed by atoms with Crippen LogP contribution in [0.4, 0.5) is 0 Å². The zero-order valence-corrected chi connectivity index (χ0v) is 16.1. The highest BCUT2D eigenvalue weighted by Gasteiger charge is 2.18. The molecule has 2 heterocycles. The van der Waals surface area contributed by atoms with Crippen LogP contribution in [0.15, 0.2) is 24.3 Å². The van der Waals surface area contributed by atoms with Gasteiger partial charge in [0.05, 0.1) is 11.4 Å². The van der Waals surface area contributed by atoms with E-state index in [2.05, 4.69) is 5.10 Å². The fraction of sp³-hybridized carbons (Fsp3) is 0.476. The summed E-state index contributed by atoms with van der Waals surface area (Å²) in [4.78, 5) is 25.5. The minimum absolute atomic E-state index is 0.0939. The molecule has 6 heteroatoms. The molecule has 1 saturated heterocycles. The molecule has 27 heavy (non-hydrogen) atoms. The Morgan fingerprint density at radius 1 is 1.04 bits per heavy atom. The number of carbonyl (C=O) groups is 2. The van der Waals surface area contributed by atoms with Gasteiger partial charge in [-0.05, 0) is 62.9 Å². The maximum absolute atomic E-state index is 12.7. The third-order valence-corrected chi connectivity index (χ3v) is 5.28. The number of aromatic nitrogens is 2. The Balaban J connectivity index is 1.78. The Morgan fingerprint density at radius 2 is 1.67 bits per heavy atom. The van der Waals surface area contributed by atoms with Crippen LogP contribution in [0.25, 0.3) is 5.69 Å². The van der Waals surface area contributed by atoms with Crippen LogP contribution in [0, 0.1) is 13.8 Å². The van der Waals surface area contributed by atoms with E-state index in [9.17, 15) is 9.59 Å². The van der Waals surface area contributed by atoms with Crippen LogP contribution >= 0.6 is 0 Å². The van der Waals surface area contributed by atoms with Gasteiger partial charge in [-0.3, -0.25) is 9.59 Å². The van der Waals surface area contributed by atoms with Crippen LogP contribution in [-0.2, 0) is 11.2 Å². The van der Waals surface area contributed by atoms with Crippen molar-refractivity contribution in [3.05, 3.63) is 46.8 Å². The predicted molar refractivity (Wildman–Crippen MR) is 103 cm³/mol. The van der Waals surface area contributed by atoms with Gasteiger partial charge < -0.3 is 10.0 Å². The van der Waals surface area contributed by atoms with E-state index in [-0.39, 0.29) is 12.3 Å². The average molecular weight is 369 g/mol. The van der Waals surface area contributed by atoms with E-state index in [1.807, 2.05) is 47.7 Å². The first-order valence-electron chi connectivity index (χ1n) is 9.64. The Labute approximate surface area is 159 Å². The smallest absolute Gasteiger partial charge is 0.303 e. The molecule has 2 aromatic rings. The second-order valence-corrected chi connectivity index (χ2v) is 7.21. The van der Waals surface area contributed by atoms with Crippen LogP contribution in [0.5, 0.6) is 0 Å². The van der Waals surface area contributed by atoms with Crippen molar-refractivity contribution in [3.63, 3.8) is 0 Å². The number of carboxylic acid groups (broad SMARTS) is 1. The largest absolute Gasteiger partial charge is 0.481 e. The van der Waals surface area contributed by atoms with Crippen LogP contribution in [-0.4, -0.2) is 44.8 Å². The fourth-order valence-electron chi connectivity index (χ4n) is 3.72. The molecule has 1 aliphatic heterocycles. The normalized spacial score (nSPS) is 14.8. The predicted octanol–water partition coefficient (Wildman–Crippen LogP) is 3.52. The number of rotatable bonds is 5. The van der Waals surface area contributed by atoms with Crippen molar-refractivity contribution in [1.82, 2.24) is 14.7 Å². The number of nitrogens with zero attached hydrogens (tertiary/aromatic N) is 3. The van der Waals surface area contributed by atoms with Crippen molar-refractivity contribution in [2.24, 2.45) is 0 Å². The summed E-state index contributed by atoms with van der Waals surface area (Å²) in [6.07, 6.45) is 5.12. The first kappa shape index (κ1) is 19.1. The number of aliphatic carboxylic acids is 1. The van der Waals surface area contributed by atoms with E-state index in [1.165, 1.54) is 12.8 Å². The van der Waals surface area contributed by atoms with Crippen molar-refractivity contribution in [3.8, 4) is 5.69 Å². The summed E-state index contributed by atoms with van der Waals surface area (Å²) in [6.45, 7) is 5.53. The van der Waals surface area contributed by atoms with Crippen LogP contribution < -0.4 is 0 Å². The summed E-state index contributed by atoms with van der Waals surface area (Å²) in [6, 6.07) is 7.53.